The van der Waals surface area contributed by atoms with Gasteiger partial charge in [0.15, 0.2) is 0 Å². The van der Waals surface area contributed by atoms with Crippen molar-refractivity contribution in [2.24, 2.45) is 11.8 Å². The molecule has 4 heterocycles. The number of rotatable bonds is 3. The van der Waals surface area contributed by atoms with E-state index in [1.165, 1.54) is 5.56 Å². The third-order valence-corrected chi connectivity index (χ3v) is 7.02. The van der Waals surface area contributed by atoms with Crippen molar-refractivity contribution < 1.29 is 14.3 Å². The number of hydrogen-bond donors (Lipinski definition) is 2. The molecule has 3 saturated heterocycles. The van der Waals surface area contributed by atoms with E-state index < -0.39 is 0 Å². The summed E-state index contributed by atoms with van der Waals surface area (Å²) in [5.41, 5.74) is 1.23. The SMILES string of the molecule is Cl.O=C(NC[C@H]1CCc2ccccc2O1)[C@H]1[C@@H]2CNC[C@@H](C2)[C@@H]2CCCC(=O)N21. The highest BCUT2D eigenvalue weighted by atomic mass is 35.5. The molecule has 3 fully saturated rings. The van der Waals surface area contributed by atoms with Crippen LogP contribution in [-0.2, 0) is 16.0 Å². The Kier molecular flexibility index (Phi) is 6.02. The summed E-state index contributed by atoms with van der Waals surface area (Å²) >= 11 is 0. The Balaban J connectivity index is 0.00000205. The van der Waals surface area contributed by atoms with E-state index in [2.05, 4.69) is 16.7 Å². The second kappa shape index (κ2) is 8.52. The van der Waals surface area contributed by atoms with E-state index in [0.29, 0.717) is 18.9 Å². The van der Waals surface area contributed by atoms with Gasteiger partial charge in [0.05, 0.1) is 6.54 Å². The van der Waals surface area contributed by atoms with Crippen LogP contribution in [-0.4, -0.2) is 54.5 Å². The lowest BCUT2D eigenvalue weighted by Gasteiger charge is -2.53. The Morgan fingerprint density at radius 1 is 1.17 bits per heavy atom. The predicted octanol–water partition coefficient (Wildman–Crippen LogP) is 1.91. The largest absolute Gasteiger partial charge is 0.488 e. The van der Waals surface area contributed by atoms with E-state index in [4.69, 9.17) is 4.74 Å². The lowest BCUT2D eigenvalue weighted by atomic mass is 9.72. The fraction of sp³-hybridized carbons (Fsp3) is 0.636. The van der Waals surface area contributed by atoms with Gasteiger partial charge in [0.25, 0.3) is 0 Å². The van der Waals surface area contributed by atoms with Crippen LogP contribution in [0.2, 0.25) is 0 Å². The standard InChI is InChI=1S/C22H29N3O3.ClH/c26-20-7-3-5-18-15-10-16(12-23-11-15)21(25(18)20)22(27)24-13-17-9-8-14-4-1-2-6-19(14)28-17;/h1-2,4,6,15-18,21,23H,3,5,7-13H2,(H,24,27);1H/t15-,16+,17-,18+,21-;/m1./s1. The fourth-order valence-electron chi connectivity index (χ4n) is 5.69. The van der Waals surface area contributed by atoms with Gasteiger partial charge in [-0.3, -0.25) is 9.59 Å². The van der Waals surface area contributed by atoms with E-state index in [-0.39, 0.29) is 48.3 Å². The number of nitrogens with one attached hydrogen (secondary N) is 2. The first kappa shape index (κ1) is 20.5. The van der Waals surface area contributed by atoms with Gasteiger partial charge >= 0.3 is 0 Å². The number of carbonyl (C=O) groups is 2. The van der Waals surface area contributed by atoms with Gasteiger partial charge in [0, 0.05) is 24.9 Å². The molecule has 7 heteroatoms. The zero-order valence-electron chi connectivity index (χ0n) is 16.6. The monoisotopic (exact) mass is 419 g/mol. The second-order valence-corrected chi connectivity index (χ2v) is 8.75. The number of ether oxygens (including phenoxy) is 1. The highest BCUT2D eigenvalue weighted by Gasteiger charge is 2.50. The summed E-state index contributed by atoms with van der Waals surface area (Å²) in [5, 5.41) is 6.62. The molecule has 158 valence electrons. The fourth-order valence-corrected chi connectivity index (χ4v) is 5.69. The molecule has 0 spiro atoms. The molecule has 4 aliphatic rings. The first-order valence-electron chi connectivity index (χ1n) is 10.7. The molecule has 1 aromatic carbocycles. The number of amides is 2. The number of benzene rings is 1. The topological polar surface area (TPSA) is 70.7 Å². The number of para-hydroxylation sites is 1. The molecule has 5 rings (SSSR count). The molecule has 4 aliphatic heterocycles. The third kappa shape index (κ3) is 3.84. The van der Waals surface area contributed by atoms with Gasteiger partial charge in [-0.15, -0.1) is 12.4 Å². The molecule has 5 atom stereocenters. The zero-order chi connectivity index (χ0) is 19.1. The van der Waals surface area contributed by atoms with Crippen LogP contribution in [0, 0.1) is 11.8 Å². The Labute approximate surface area is 178 Å². The van der Waals surface area contributed by atoms with Gasteiger partial charge in [0.2, 0.25) is 11.8 Å². The Hall–Kier alpha value is -1.79. The van der Waals surface area contributed by atoms with Crippen molar-refractivity contribution in [1.29, 1.82) is 0 Å². The van der Waals surface area contributed by atoms with E-state index in [9.17, 15) is 9.59 Å². The average molecular weight is 420 g/mol. The minimum atomic E-state index is -0.335. The number of halogens is 1. The summed E-state index contributed by atoms with van der Waals surface area (Å²) in [6.45, 7) is 2.28. The molecule has 6 nitrogen and oxygen atoms in total. The number of piperidine rings is 3. The van der Waals surface area contributed by atoms with Crippen LogP contribution in [0.25, 0.3) is 0 Å². The van der Waals surface area contributed by atoms with Crippen molar-refractivity contribution in [3.8, 4) is 5.75 Å². The van der Waals surface area contributed by atoms with E-state index in [0.717, 1.165) is 50.9 Å². The van der Waals surface area contributed by atoms with E-state index >= 15 is 0 Å². The van der Waals surface area contributed by atoms with E-state index in [1.54, 1.807) is 0 Å². The van der Waals surface area contributed by atoms with Crippen molar-refractivity contribution >= 4 is 24.2 Å². The second-order valence-electron chi connectivity index (χ2n) is 8.75. The lowest BCUT2D eigenvalue weighted by Crippen LogP contribution is -2.68. The molecular weight excluding hydrogens is 390 g/mol. The number of fused-ring (bicyclic) bond motifs is 5. The molecule has 0 unspecified atom stereocenters. The number of aryl methyl sites for hydroxylation is 1. The summed E-state index contributed by atoms with van der Waals surface area (Å²) in [6.07, 6.45) is 5.47. The first-order chi connectivity index (χ1) is 13.7. The minimum Gasteiger partial charge on any atom is -0.488 e. The summed E-state index contributed by atoms with van der Waals surface area (Å²) < 4.78 is 6.07. The molecular formula is C22H30ClN3O3. The number of hydrogen-bond acceptors (Lipinski definition) is 4. The molecule has 0 saturated carbocycles. The maximum Gasteiger partial charge on any atom is 0.243 e. The summed E-state index contributed by atoms with van der Waals surface area (Å²) in [7, 11) is 0. The van der Waals surface area contributed by atoms with Gasteiger partial charge in [-0.05, 0) is 56.2 Å². The van der Waals surface area contributed by atoms with Crippen molar-refractivity contribution in [3.63, 3.8) is 0 Å². The van der Waals surface area contributed by atoms with E-state index in [1.807, 2.05) is 23.1 Å². The molecule has 0 radical (unpaired) electrons. The summed E-state index contributed by atoms with van der Waals surface area (Å²) in [4.78, 5) is 27.9. The van der Waals surface area contributed by atoms with Gasteiger partial charge in [-0.1, -0.05) is 18.2 Å². The van der Waals surface area contributed by atoms with Crippen molar-refractivity contribution in [2.45, 2.75) is 56.7 Å². The smallest absolute Gasteiger partial charge is 0.243 e. The molecule has 2 N–H and O–H groups in total. The van der Waals surface area contributed by atoms with Crippen molar-refractivity contribution in [3.05, 3.63) is 29.8 Å². The first-order valence-corrected chi connectivity index (χ1v) is 10.7. The van der Waals surface area contributed by atoms with Crippen molar-refractivity contribution in [1.82, 2.24) is 15.5 Å². The minimum absolute atomic E-state index is 0. The molecule has 0 aromatic heterocycles. The van der Waals surface area contributed by atoms with Crippen molar-refractivity contribution in [2.75, 3.05) is 19.6 Å². The lowest BCUT2D eigenvalue weighted by molar-refractivity contribution is -0.157. The maximum absolute atomic E-state index is 13.2. The predicted molar refractivity (Wildman–Crippen MR) is 112 cm³/mol. The van der Waals surface area contributed by atoms with Gasteiger partial charge < -0.3 is 20.3 Å². The zero-order valence-corrected chi connectivity index (χ0v) is 17.5. The van der Waals surface area contributed by atoms with Crippen LogP contribution >= 0.6 is 12.4 Å². The van der Waals surface area contributed by atoms with Crippen LogP contribution in [0.15, 0.2) is 24.3 Å². The van der Waals surface area contributed by atoms with Crippen LogP contribution in [0.5, 0.6) is 5.75 Å². The normalized spacial score (nSPS) is 32.9. The quantitative estimate of drug-likeness (QED) is 0.785. The van der Waals surface area contributed by atoms with Crippen LogP contribution in [0.4, 0.5) is 0 Å². The third-order valence-electron chi connectivity index (χ3n) is 7.02. The Morgan fingerprint density at radius 3 is 2.90 bits per heavy atom. The Bertz CT molecular complexity index is 773. The highest BCUT2D eigenvalue weighted by Crippen LogP contribution is 2.39. The number of nitrogens with zero attached hydrogens (tertiary/aromatic N) is 1. The maximum atomic E-state index is 13.2. The molecule has 2 amide bonds. The van der Waals surface area contributed by atoms with Gasteiger partial charge in [0.1, 0.15) is 17.9 Å². The summed E-state index contributed by atoms with van der Waals surface area (Å²) in [5.74, 6) is 1.79. The average Bonchev–Trinajstić information content (AvgIpc) is 2.73. The molecule has 1 aromatic rings. The van der Waals surface area contributed by atoms with Crippen LogP contribution in [0.1, 0.15) is 37.7 Å². The summed E-state index contributed by atoms with van der Waals surface area (Å²) in [6, 6.07) is 7.99. The highest BCUT2D eigenvalue weighted by molar-refractivity contribution is 5.89. The molecule has 29 heavy (non-hydrogen) atoms. The van der Waals surface area contributed by atoms with Gasteiger partial charge in [-0.25, -0.2) is 0 Å². The molecule has 2 bridgehead atoms. The van der Waals surface area contributed by atoms with Crippen LogP contribution in [0.3, 0.4) is 0 Å². The Morgan fingerprint density at radius 2 is 2.00 bits per heavy atom. The molecule has 0 aliphatic carbocycles. The van der Waals surface area contributed by atoms with Gasteiger partial charge in [-0.2, -0.15) is 0 Å². The number of carbonyl (C=O) groups excluding carboxylic acids is 2. The van der Waals surface area contributed by atoms with Crippen LogP contribution < -0.4 is 15.4 Å².